The lowest BCUT2D eigenvalue weighted by atomic mass is 10.1. The molecular formula is C18H24N4O3. The van der Waals surface area contributed by atoms with Crippen LogP contribution in [0.2, 0.25) is 0 Å². The number of hydrogen-bond acceptors (Lipinski definition) is 6. The van der Waals surface area contributed by atoms with Gasteiger partial charge in [-0.15, -0.1) is 0 Å². The summed E-state index contributed by atoms with van der Waals surface area (Å²) in [6, 6.07) is 0.496. The second-order valence-electron chi connectivity index (χ2n) is 7.99. The van der Waals surface area contributed by atoms with Crippen molar-refractivity contribution in [3.63, 3.8) is 0 Å². The lowest BCUT2D eigenvalue weighted by molar-refractivity contribution is -0.137. The molecule has 0 bridgehead atoms. The van der Waals surface area contributed by atoms with Gasteiger partial charge in [0.25, 0.3) is 0 Å². The number of hydrogen-bond donors (Lipinski definition) is 1. The second-order valence-corrected chi connectivity index (χ2v) is 7.99. The van der Waals surface area contributed by atoms with E-state index in [-0.39, 0.29) is 6.10 Å². The van der Waals surface area contributed by atoms with Crippen LogP contribution in [0, 0.1) is 17.8 Å². The summed E-state index contributed by atoms with van der Waals surface area (Å²) in [5, 5.41) is 9.02. The fourth-order valence-electron chi connectivity index (χ4n) is 4.77. The summed E-state index contributed by atoms with van der Waals surface area (Å²) in [6.07, 6.45) is 1.51. The molecule has 1 N–H and O–H groups in total. The highest BCUT2D eigenvalue weighted by atomic mass is 16.5. The predicted octanol–water partition coefficient (Wildman–Crippen LogP) is 1.82. The maximum Gasteiger partial charge on any atom is 0.303 e. The van der Waals surface area contributed by atoms with Crippen LogP contribution in [0.1, 0.15) is 44.1 Å². The van der Waals surface area contributed by atoms with Gasteiger partial charge in [-0.2, -0.15) is 4.98 Å². The molecule has 1 unspecified atom stereocenters. The van der Waals surface area contributed by atoms with Crippen LogP contribution in [-0.4, -0.2) is 46.7 Å². The molecule has 1 aliphatic carbocycles. The zero-order chi connectivity index (χ0) is 17.3. The van der Waals surface area contributed by atoms with E-state index in [9.17, 15) is 4.79 Å². The summed E-state index contributed by atoms with van der Waals surface area (Å²) < 4.78 is 5.82. The first-order valence-electron chi connectivity index (χ1n) is 9.28. The van der Waals surface area contributed by atoms with Gasteiger partial charge in [-0.25, -0.2) is 4.98 Å². The molecule has 0 radical (unpaired) electrons. The zero-order valence-corrected chi connectivity index (χ0v) is 14.7. The third kappa shape index (κ3) is 2.32. The van der Waals surface area contributed by atoms with Gasteiger partial charge in [0, 0.05) is 37.7 Å². The summed E-state index contributed by atoms with van der Waals surface area (Å²) in [5.74, 6) is 2.54. The Morgan fingerprint density at radius 2 is 2.04 bits per heavy atom. The van der Waals surface area contributed by atoms with Gasteiger partial charge in [0.15, 0.2) is 0 Å². The van der Waals surface area contributed by atoms with Gasteiger partial charge in [-0.05, 0) is 38.0 Å². The number of carbonyl (C=O) groups is 1. The maximum absolute atomic E-state index is 11.0. The molecular weight excluding hydrogens is 320 g/mol. The molecule has 25 heavy (non-hydrogen) atoms. The zero-order valence-electron chi connectivity index (χ0n) is 14.7. The average Bonchev–Trinajstić information content (AvgIpc) is 2.91. The fourth-order valence-corrected chi connectivity index (χ4v) is 4.77. The topological polar surface area (TPSA) is 78.8 Å². The molecule has 1 saturated carbocycles. The number of fused-ring (bicyclic) bond motifs is 2. The van der Waals surface area contributed by atoms with Gasteiger partial charge in [-0.3, -0.25) is 4.79 Å². The molecule has 3 aliphatic heterocycles. The lowest BCUT2D eigenvalue weighted by Crippen LogP contribution is -2.47. The first kappa shape index (κ1) is 15.4. The van der Waals surface area contributed by atoms with Crippen LogP contribution in [0.5, 0.6) is 0 Å². The highest BCUT2D eigenvalue weighted by Gasteiger charge is 2.56. The Balaban J connectivity index is 1.42. The van der Waals surface area contributed by atoms with Crippen LogP contribution in [0.4, 0.5) is 11.8 Å². The third-order valence-corrected chi connectivity index (χ3v) is 6.53. The number of ether oxygens (including phenoxy) is 1. The van der Waals surface area contributed by atoms with Crippen molar-refractivity contribution >= 4 is 17.7 Å². The number of piperidine rings is 1. The molecule has 2 saturated heterocycles. The van der Waals surface area contributed by atoms with Crippen LogP contribution >= 0.6 is 0 Å². The Hall–Kier alpha value is -1.89. The van der Waals surface area contributed by atoms with Gasteiger partial charge in [0.05, 0.1) is 18.4 Å². The van der Waals surface area contributed by atoms with E-state index in [1.165, 1.54) is 6.42 Å². The van der Waals surface area contributed by atoms with E-state index in [0.717, 1.165) is 42.7 Å². The number of rotatable bonds is 4. The summed E-state index contributed by atoms with van der Waals surface area (Å²) in [4.78, 5) is 25.3. The van der Waals surface area contributed by atoms with E-state index >= 15 is 0 Å². The first-order valence-corrected chi connectivity index (χ1v) is 9.28. The number of carboxylic acids is 1. The minimum absolute atomic E-state index is 0.0176. The third-order valence-electron chi connectivity index (χ3n) is 6.53. The highest BCUT2D eigenvalue weighted by Crippen LogP contribution is 2.55. The van der Waals surface area contributed by atoms with Crippen molar-refractivity contribution in [1.29, 1.82) is 0 Å². The first-order chi connectivity index (χ1) is 12.0. The SMILES string of the molecule is C[C@@H]1OCc2c1nc(N1CC[C@@H]1C)nc2N1C[C@@H]2C(CC(=O)O)[C@@H]2C1. The van der Waals surface area contributed by atoms with Crippen molar-refractivity contribution in [2.75, 3.05) is 29.4 Å². The van der Waals surface area contributed by atoms with E-state index in [1.54, 1.807) is 0 Å². The van der Waals surface area contributed by atoms with E-state index in [4.69, 9.17) is 19.8 Å². The molecule has 5 atom stereocenters. The molecule has 0 spiro atoms. The molecule has 4 heterocycles. The predicted molar refractivity (Wildman–Crippen MR) is 91.6 cm³/mol. The molecule has 1 aromatic heterocycles. The van der Waals surface area contributed by atoms with Crippen LogP contribution in [0.15, 0.2) is 0 Å². The molecule has 4 aliphatic rings. The van der Waals surface area contributed by atoms with Gasteiger partial charge in [0.1, 0.15) is 5.82 Å². The number of carboxylic acid groups (broad SMARTS) is 1. The van der Waals surface area contributed by atoms with Crippen molar-refractivity contribution in [3.05, 3.63) is 11.3 Å². The Labute approximate surface area is 147 Å². The maximum atomic E-state index is 11.0. The standard InChI is InChI=1S/C18H24N4O3/c1-9-3-4-22(9)18-19-16-10(2)25-8-14(16)17(20-18)21-6-12-11(5-15(23)24)13(12)7-21/h9-13H,3-8H2,1-2H3,(H,23,24)/t9-,10-,11?,12-,13+/m0/s1. The van der Waals surface area contributed by atoms with Gasteiger partial charge < -0.3 is 19.6 Å². The Bertz CT molecular complexity index is 727. The highest BCUT2D eigenvalue weighted by molar-refractivity contribution is 5.68. The van der Waals surface area contributed by atoms with Crippen molar-refractivity contribution < 1.29 is 14.6 Å². The van der Waals surface area contributed by atoms with Crippen molar-refractivity contribution in [2.24, 2.45) is 17.8 Å². The van der Waals surface area contributed by atoms with Crippen LogP contribution in [-0.2, 0) is 16.1 Å². The van der Waals surface area contributed by atoms with Gasteiger partial charge in [-0.1, -0.05) is 0 Å². The summed E-state index contributed by atoms with van der Waals surface area (Å²) >= 11 is 0. The van der Waals surface area contributed by atoms with E-state index in [0.29, 0.717) is 36.8 Å². The van der Waals surface area contributed by atoms with Crippen LogP contribution in [0.3, 0.4) is 0 Å². The van der Waals surface area contributed by atoms with E-state index < -0.39 is 5.97 Å². The smallest absolute Gasteiger partial charge is 0.303 e. The fraction of sp³-hybridized carbons (Fsp3) is 0.722. The summed E-state index contributed by atoms with van der Waals surface area (Å²) in [6.45, 7) is 7.68. The monoisotopic (exact) mass is 344 g/mol. The van der Waals surface area contributed by atoms with Crippen molar-refractivity contribution in [3.8, 4) is 0 Å². The Kier molecular flexibility index (Phi) is 3.26. The molecule has 0 aromatic carbocycles. The minimum atomic E-state index is -0.676. The van der Waals surface area contributed by atoms with Gasteiger partial charge >= 0.3 is 5.97 Å². The number of aliphatic carboxylic acids is 1. The number of aromatic nitrogens is 2. The Morgan fingerprint density at radius 1 is 1.28 bits per heavy atom. The molecule has 134 valence electrons. The Morgan fingerprint density at radius 3 is 2.64 bits per heavy atom. The second kappa shape index (κ2) is 5.30. The van der Waals surface area contributed by atoms with Crippen molar-refractivity contribution in [2.45, 2.75) is 45.4 Å². The quantitative estimate of drug-likeness (QED) is 0.892. The minimum Gasteiger partial charge on any atom is -0.481 e. The molecule has 3 fully saturated rings. The number of nitrogens with zero attached hydrogens (tertiary/aromatic N) is 4. The molecule has 7 heteroatoms. The summed E-state index contributed by atoms with van der Waals surface area (Å²) in [5.41, 5.74) is 2.15. The summed E-state index contributed by atoms with van der Waals surface area (Å²) in [7, 11) is 0. The molecule has 0 amide bonds. The van der Waals surface area contributed by atoms with E-state index in [1.807, 2.05) is 0 Å². The lowest BCUT2D eigenvalue weighted by Gasteiger charge is -2.39. The molecule has 1 aromatic rings. The average molecular weight is 344 g/mol. The van der Waals surface area contributed by atoms with Crippen LogP contribution in [0.25, 0.3) is 0 Å². The largest absolute Gasteiger partial charge is 0.481 e. The normalized spacial score (nSPS) is 35.4. The van der Waals surface area contributed by atoms with Gasteiger partial charge in [0.2, 0.25) is 5.95 Å². The van der Waals surface area contributed by atoms with E-state index in [2.05, 4.69) is 23.6 Å². The van der Waals surface area contributed by atoms with Crippen molar-refractivity contribution in [1.82, 2.24) is 9.97 Å². The molecule has 7 nitrogen and oxygen atoms in total. The molecule has 5 rings (SSSR count). The van der Waals surface area contributed by atoms with Crippen LogP contribution < -0.4 is 9.80 Å². The number of anilines is 2.